The number of halogens is 2. The Hall–Kier alpha value is -3.21. The molecule has 3 aromatic rings. The number of esters is 1. The predicted molar refractivity (Wildman–Crippen MR) is 154 cm³/mol. The van der Waals surface area contributed by atoms with Crippen molar-refractivity contribution in [3.05, 3.63) is 88.0 Å². The van der Waals surface area contributed by atoms with Gasteiger partial charge in [-0.25, -0.2) is 9.79 Å². The van der Waals surface area contributed by atoms with Gasteiger partial charge < -0.3 is 14.4 Å². The van der Waals surface area contributed by atoms with Crippen LogP contribution < -0.4 is 24.5 Å². The van der Waals surface area contributed by atoms with Gasteiger partial charge in [0.1, 0.15) is 16.3 Å². The van der Waals surface area contributed by atoms with Crippen LogP contribution in [0.5, 0.6) is 5.75 Å². The summed E-state index contributed by atoms with van der Waals surface area (Å²) >= 11 is 11.0. The Balaban J connectivity index is 1.86. The van der Waals surface area contributed by atoms with E-state index in [1.807, 2.05) is 25.1 Å². The number of hydrogen-bond acceptors (Lipinski definition) is 7. The van der Waals surface area contributed by atoms with Crippen LogP contribution in [0.15, 0.2) is 61.9 Å². The first-order valence-corrected chi connectivity index (χ1v) is 14.3. The van der Waals surface area contributed by atoms with Crippen molar-refractivity contribution in [1.82, 2.24) is 4.57 Å². The van der Waals surface area contributed by atoms with E-state index in [0.29, 0.717) is 44.5 Å². The van der Waals surface area contributed by atoms with Crippen molar-refractivity contribution in [3.63, 3.8) is 0 Å². The van der Waals surface area contributed by atoms with E-state index in [-0.39, 0.29) is 16.0 Å². The number of carbonyl (C=O) groups is 2. The fraction of sp³-hybridized carbons (Fsp3) is 0.286. The van der Waals surface area contributed by atoms with Crippen molar-refractivity contribution >= 4 is 62.0 Å². The van der Waals surface area contributed by atoms with Crippen LogP contribution in [0.3, 0.4) is 0 Å². The summed E-state index contributed by atoms with van der Waals surface area (Å²) < 4.78 is 13.6. The van der Waals surface area contributed by atoms with E-state index in [9.17, 15) is 14.4 Å². The molecule has 0 fully saturated rings. The van der Waals surface area contributed by atoms with Crippen LogP contribution in [-0.4, -0.2) is 36.2 Å². The van der Waals surface area contributed by atoms with E-state index in [4.69, 9.17) is 21.1 Å². The highest BCUT2D eigenvalue weighted by molar-refractivity contribution is 9.10. The maximum Gasteiger partial charge on any atom is 0.338 e. The molecular weight excluding hydrogens is 606 g/mol. The monoisotopic (exact) mass is 629 g/mol. The molecule has 1 atom stereocenters. The quantitative estimate of drug-likeness (QED) is 0.391. The number of carbonyl (C=O) groups excluding carboxylic acids is 2. The number of benzene rings is 2. The Bertz CT molecular complexity index is 1760. The second-order valence-corrected chi connectivity index (χ2v) is 11.7. The second kappa shape index (κ2) is 10.4. The Kier molecular flexibility index (Phi) is 7.30. The van der Waals surface area contributed by atoms with Gasteiger partial charge in [0.05, 0.1) is 35.7 Å². The molecule has 11 heteroatoms. The van der Waals surface area contributed by atoms with Gasteiger partial charge >= 0.3 is 5.97 Å². The number of allylic oxidation sites excluding steroid dienone is 1. The van der Waals surface area contributed by atoms with Crippen LogP contribution in [-0.2, 0) is 14.3 Å². The molecule has 5 rings (SSSR count). The lowest BCUT2D eigenvalue weighted by Gasteiger charge is -2.26. The average molecular weight is 631 g/mol. The Morgan fingerprint density at radius 1 is 1.21 bits per heavy atom. The van der Waals surface area contributed by atoms with Gasteiger partial charge in [-0.1, -0.05) is 38.9 Å². The highest BCUT2D eigenvalue weighted by atomic mass is 79.9. The number of hydrogen-bond donors (Lipinski definition) is 0. The molecule has 0 aliphatic carbocycles. The van der Waals surface area contributed by atoms with Crippen molar-refractivity contribution in [2.75, 3.05) is 18.6 Å². The highest BCUT2D eigenvalue weighted by Crippen LogP contribution is 2.39. The number of rotatable bonds is 5. The first-order chi connectivity index (χ1) is 18.6. The number of thiazole rings is 1. The van der Waals surface area contributed by atoms with Crippen LogP contribution in [0.25, 0.3) is 5.57 Å². The van der Waals surface area contributed by atoms with E-state index in [1.54, 1.807) is 43.9 Å². The molecule has 1 aromatic heterocycles. The number of fused-ring (bicyclic) bond motifs is 2. The zero-order valence-corrected chi connectivity index (χ0v) is 25.0. The number of nitrogens with zero attached hydrogens (tertiary/aromatic N) is 3. The van der Waals surface area contributed by atoms with Crippen LogP contribution in [0.4, 0.5) is 5.69 Å². The molecule has 202 valence electrons. The van der Waals surface area contributed by atoms with Gasteiger partial charge in [-0.05, 0) is 64.1 Å². The minimum atomic E-state index is -0.934. The minimum absolute atomic E-state index is 0.198. The lowest BCUT2D eigenvalue weighted by molar-refractivity contribution is -0.143. The standard InChI is InChI=1S/C28H25BrClN3O5S/c1-6-32-19-9-7-15(29)11-17(19)22(25(32)34)24-26(35)33-23(18-12-16(30)8-10-20(18)37-5)21(27(36)38-13(2)3)14(4)31-28(33)39-24/h7-13,23H,6H2,1-5H3/b24-22-/t23-/m0/s1. The van der Waals surface area contributed by atoms with Crippen LogP contribution >= 0.6 is 38.9 Å². The Morgan fingerprint density at radius 3 is 2.62 bits per heavy atom. The van der Waals surface area contributed by atoms with Gasteiger partial charge in [0.2, 0.25) is 0 Å². The summed E-state index contributed by atoms with van der Waals surface area (Å²) in [5.74, 6) is -0.418. The van der Waals surface area contributed by atoms with Crippen molar-refractivity contribution in [1.29, 1.82) is 0 Å². The Labute approximate surface area is 242 Å². The van der Waals surface area contributed by atoms with Gasteiger partial charge in [-0.2, -0.15) is 0 Å². The smallest absolute Gasteiger partial charge is 0.338 e. The lowest BCUT2D eigenvalue weighted by Crippen LogP contribution is -2.41. The molecule has 1 amide bonds. The summed E-state index contributed by atoms with van der Waals surface area (Å²) in [7, 11) is 1.51. The third-order valence-corrected chi connectivity index (χ3v) is 8.35. The minimum Gasteiger partial charge on any atom is -0.496 e. The molecule has 0 radical (unpaired) electrons. The molecular formula is C28H25BrClN3O5S. The average Bonchev–Trinajstić information content (AvgIpc) is 3.33. The summed E-state index contributed by atoms with van der Waals surface area (Å²) in [5, 5.41) is 0.408. The summed E-state index contributed by atoms with van der Waals surface area (Å²) in [4.78, 5) is 47.9. The van der Waals surface area contributed by atoms with Crippen molar-refractivity contribution in [3.8, 4) is 5.75 Å². The van der Waals surface area contributed by atoms with Gasteiger partial charge in [-0.3, -0.25) is 14.2 Å². The molecule has 39 heavy (non-hydrogen) atoms. The summed E-state index contributed by atoms with van der Waals surface area (Å²) in [6.45, 7) is 7.53. The summed E-state index contributed by atoms with van der Waals surface area (Å²) in [6, 6.07) is 9.64. The van der Waals surface area contributed by atoms with E-state index in [2.05, 4.69) is 20.9 Å². The largest absolute Gasteiger partial charge is 0.496 e. The van der Waals surface area contributed by atoms with Crippen molar-refractivity contribution in [2.45, 2.75) is 39.8 Å². The zero-order valence-electron chi connectivity index (χ0n) is 21.9. The van der Waals surface area contributed by atoms with E-state index < -0.39 is 23.7 Å². The normalized spacial score (nSPS) is 17.8. The van der Waals surface area contributed by atoms with Crippen LogP contribution in [0, 0.1) is 0 Å². The maximum atomic E-state index is 14.3. The third kappa shape index (κ3) is 4.54. The number of anilines is 1. The number of aromatic nitrogens is 1. The van der Waals surface area contributed by atoms with E-state index in [1.165, 1.54) is 11.7 Å². The predicted octanol–water partition coefficient (Wildman–Crippen LogP) is 4.35. The van der Waals surface area contributed by atoms with Gasteiger partial charge in [0.15, 0.2) is 4.80 Å². The first-order valence-electron chi connectivity index (χ1n) is 12.3. The van der Waals surface area contributed by atoms with E-state index in [0.717, 1.165) is 21.5 Å². The Morgan fingerprint density at radius 2 is 1.95 bits per heavy atom. The molecule has 2 aromatic carbocycles. The molecule has 0 N–H and O–H groups in total. The molecule has 2 aliphatic heterocycles. The molecule has 0 spiro atoms. The molecule has 0 bridgehead atoms. The van der Waals surface area contributed by atoms with E-state index >= 15 is 0 Å². The summed E-state index contributed by atoms with van der Waals surface area (Å²) in [6.07, 6.45) is -0.391. The molecule has 0 saturated carbocycles. The molecule has 3 heterocycles. The zero-order chi connectivity index (χ0) is 28.2. The number of likely N-dealkylation sites (N-methyl/N-ethyl adjacent to an activating group) is 1. The lowest BCUT2D eigenvalue weighted by atomic mass is 9.95. The number of methoxy groups -OCH3 is 1. The molecule has 8 nitrogen and oxygen atoms in total. The molecule has 0 unspecified atom stereocenters. The van der Waals surface area contributed by atoms with Gasteiger partial charge in [0, 0.05) is 27.2 Å². The first kappa shape index (κ1) is 27.4. The number of ether oxygens (including phenoxy) is 2. The fourth-order valence-corrected chi connectivity index (χ4v) is 6.64. The highest BCUT2D eigenvalue weighted by Gasteiger charge is 2.38. The molecule has 2 aliphatic rings. The van der Waals surface area contributed by atoms with Crippen molar-refractivity contribution in [2.24, 2.45) is 4.99 Å². The topological polar surface area (TPSA) is 90.2 Å². The second-order valence-electron chi connectivity index (χ2n) is 9.33. The van der Waals surface area contributed by atoms with Crippen LogP contribution in [0.2, 0.25) is 5.02 Å². The van der Waals surface area contributed by atoms with Crippen molar-refractivity contribution < 1.29 is 19.1 Å². The van der Waals surface area contributed by atoms with Crippen LogP contribution in [0.1, 0.15) is 44.9 Å². The molecule has 0 saturated heterocycles. The summed E-state index contributed by atoms with van der Waals surface area (Å²) in [5.41, 5.74) is 2.36. The SMILES string of the molecule is CCN1C(=O)/C(=c2\sc3n(c2=O)[C@@H](c2cc(Cl)ccc2OC)C(C(=O)OC(C)C)=C(C)N=3)c2cc(Br)ccc21. The fourth-order valence-electron chi connectivity index (χ4n) is 4.96. The maximum absolute atomic E-state index is 14.3. The third-order valence-electron chi connectivity index (χ3n) is 6.57. The van der Waals surface area contributed by atoms with Gasteiger partial charge in [0.25, 0.3) is 11.5 Å². The van der Waals surface area contributed by atoms with Gasteiger partial charge in [-0.15, -0.1) is 0 Å². The number of amides is 1.